The highest BCUT2D eigenvalue weighted by Crippen LogP contribution is 2.17. The molecule has 0 saturated carbocycles. The molecule has 1 saturated heterocycles. The van der Waals surface area contributed by atoms with Crippen molar-refractivity contribution in [2.24, 2.45) is 0 Å². The number of urea groups is 1. The molecule has 0 aromatic rings. The fourth-order valence-corrected chi connectivity index (χ4v) is 4.99. The van der Waals surface area contributed by atoms with Gasteiger partial charge in [0.25, 0.3) is 0 Å². The lowest BCUT2D eigenvalue weighted by Crippen LogP contribution is -2.55. The minimum absolute atomic E-state index is 0.152. The Balaban J connectivity index is 2.03. The Labute approximate surface area is 216 Å². The maximum atomic E-state index is 12.7. The van der Waals surface area contributed by atoms with E-state index in [9.17, 15) is 14.4 Å². The Morgan fingerprint density at radius 3 is 0.971 bits per heavy atom. The first-order valence-corrected chi connectivity index (χ1v) is 15.3. The molecule has 1 fully saturated rings. The van der Waals surface area contributed by atoms with Gasteiger partial charge in [-0.2, -0.15) is 0 Å². The van der Waals surface area contributed by atoms with E-state index in [2.05, 4.69) is 13.8 Å². The van der Waals surface area contributed by atoms with Crippen molar-refractivity contribution in [3.63, 3.8) is 0 Å². The fourth-order valence-electron chi connectivity index (χ4n) is 4.99. The van der Waals surface area contributed by atoms with E-state index in [1.807, 2.05) is 0 Å². The normalized spacial score (nSPS) is 14.4. The SMILES string of the molecule is CCCCCCCCCCCCCCCCCCN1C(=O)CC(=O)N(CCCCCCCC)C1=O. The van der Waals surface area contributed by atoms with Crippen molar-refractivity contribution < 1.29 is 14.4 Å². The lowest BCUT2D eigenvalue weighted by Gasteiger charge is -2.32. The van der Waals surface area contributed by atoms with E-state index in [4.69, 9.17) is 0 Å². The first-order valence-electron chi connectivity index (χ1n) is 15.3. The Bertz CT molecular complexity index is 564. The summed E-state index contributed by atoms with van der Waals surface area (Å²) in [6.07, 6.45) is 27.3. The van der Waals surface area contributed by atoms with Gasteiger partial charge < -0.3 is 0 Å². The van der Waals surface area contributed by atoms with Crippen molar-refractivity contribution >= 4 is 17.8 Å². The standard InChI is InChI=1S/C30H56N2O3/c1-3-5-7-9-11-12-13-14-15-16-17-18-19-20-22-24-26-32-29(34)27-28(33)31(30(32)35)25-23-21-10-8-6-4-2/h3-27H2,1-2H3. The van der Waals surface area contributed by atoms with Crippen LogP contribution in [0.15, 0.2) is 0 Å². The molecule has 1 aliphatic heterocycles. The molecule has 0 unspecified atom stereocenters. The predicted octanol–water partition coefficient (Wildman–Crippen LogP) is 8.79. The van der Waals surface area contributed by atoms with E-state index in [1.54, 1.807) is 0 Å². The Morgan fingerprint density at radius 1 is 0.429 bits per heavy atom. The van der Waals surface area contributed by atoms with Gasteiger partial charge in [0.05, 0.1) is 0 Å². The molecule has 1 rings (SSSR count). The van der Waals surface area contributed by atoms with Crippen LogP contribution in [-0.2, 0) is 9.59 Å². The van der Waals surface area contributed by atoms with E-state index in [-0.39, 0.29) is 24.3 Å². The quantitative estimate of drug-likeness (QED) is 0.0999. The second-order valence-electron chi connectivity index (χ2n) is 10.6. The van der Waals surface area contributed by atoms with E-state index >= 15 is 0 Å². The molecule has 0 spiro atoms. The largest absolute Gasteiger partial charge is 0.333 e. The number of rotatable bonds is 24. The number of carbonyl (C=O) groups is 3. The molecule has 0 atom stereocenters. The van der Waals surface area contributed by atoms with Crippen LogP contribution in [0.3, 0.4) is 0 Å². The van der Waals surface area contributed by atoms with Crippen molar-refractivity contribution in [2.75, 3.05) is 13.1 Å². The van der Waals surface area contributed by atoms with Gasteiger partial charge in [0.1, 0.15) is 6.42 Å². The van der Waals surface area contributed by atoms with Gasteiger partial charge in [-0.25, -0.2) is 4.79 Å². The van der Waals surface area contributed by atoms with Gasteiger partial charge in [-0.05, 0) is 12.8 Å². The molecule has 0 N–H and O–H groups in total. The summed E-state index contributed by atoms with van der Waals surface area (Å²) in [4.78, 5) is 39.8. The highest BCUT2D eigenvalue weighted by Gasteiger charge is 2.36. The van der Waals surface area contributed by atoms with Crippen LogP contribution in [0.25, 0.3) is 0 Å². The summed E-state index contributed by atoms with van der Waals surface area (Å²) < 4.78 is 0. The van der Waals surface area contributed by atoms with Crippen molar-refractivity contribution in [3.8, 4) is 0 Å². The Morgan fingerprint density at radius 2 is 0.686 bits per heavy atom. The van der Waals surface area contributed by atoms with Gasteiger partial charge >= 0.3 is 6.03 Å². The molecule has 5 nitrogen and oxygen atoms in total. The zero-order chi connectivity index (χ0) is 25.6. The number of nitrogens with zero attached hydrogens (tertiary/aromatic N) is 2. The molecule has 1 heterocycles. The van der Waals surface area contributed by atoms with Crippen LogP contribution in [0.5, 0.6) is 0 Å². The molecule has 35 heavy (non-hydrogen) atoms. The topological polar surface area (TPSA) is 57.7 Å². The third kappa shape index (κ3) is 15.4. The molecule has 0 aromatic heterocycles. The van der Waals surface area contributed by atoms with E-state index in [1.165, 1.54) is 113 Å². The highest BCUT2D eigenvalue weighted by molar-refractivity contribution is 6.14. The van der Waals surface area contributed by atoms with E-state index in [0.29, 0.717) is 13.1 Å². The number of imide groups is 2. The van der Waals surface area contributed by atoms with Gasteiger partial charge in [-0.15, -0.1) is 0 Å². The van der Waals surface area contributed by atoms with Crippen LogP contribution >= 0.6 is 0 Å². The van der Waals surface area contributed by atoms with Crippen molar-refractivity contribution in [2.45, 2.75) is 162 Å². The van der Waals surface area contributed by atoms with Gasteiger partial charge in [0, 0.05) is 13.1 Å². The molecule has 5 heteroatoms. The average Bonchev–Trinajstić information content (AvgIpc) is 2.84. The maximum Gasteiger partial charge on any atom is 0.333 e. The number of amides is 4. The van der Waals surface area contributed by atoms with Gasteiger partial charge in [-0.3, -0.25) is 19.4 Å². The molecule has 0 aliphatic carbocycles. The smallest absolute Gasteiger partial charge is 0.274 e. The summed E-state index contributed by atoms with van der Waals surface area (Å²) in [7, 11) is 0. The second-order valence-corrected chi connectivity index (χ2v) is 10.6. The van der Waals surface area contributed by atoms with Crippen LogP contribution < -0.4 is 0 Å². The Kier molecular flexibility index (Phi) is 19.8. The van der Waals surface area contributed by atoms with Gasteiger partial charge in [-0.1, -0.05) is 142 Å². The molecular formula is C30H56N2O3. The zero-order valence-corrected chi connectivity index (χ0v) is 23.3. The van der Waals surface area contributed by atoms with Crippen LogP contribution in [0, 0.1) is 0 Å². The van der Waals surface area contributed by atoms with Crippen molar-refractivity contribution in [1.82, 2.24) is 9.80 Å². The predicted molar refractivity (Wildman–Crippen MR) is 146 cm³/mol. The third-order valence-corrected chi connectivity index (χ3v) is 7.34. The van der Waals surface area contributed by atoms with Crippen molar-refractivity contribution in [3.05, 3.63) is 0 Å². The molecule has 0 bridgehead atoms. The second kappa shape index (κ2) is 21.9. The number of barbiturate groups is 1. The van der Waals surface area contributed by atoms with Crippen molar-refractivity contribution in [1.29, 1.82) is 0 Å². The summed E-state index contributed by atoms with van der Waals surface area (Å²) in [5.41, 5.74) is 0. The molecular weight excluding hydrogens is 436 g/mol. The lowest BCUT2D eigenvalue weighted by molar-refractivity contribution is -0.142. The summed E-state index contributed by atoms with van der Waals surface area (Å²) in [6.45, 7) is 5.37. The van der Waals surface area contributed by atoms with Crippen LogP contribution in [0.4, 0.5) is 4.79 Å². The molecule has 204 valence electrons. The average molecular weight is 493 g/mol. The summed E-state index contributed by atoms with van der Waals surface area (Å²) in [6, 6.07) is -0.388. The molecule has 0 radical (unpaired) electrons. The minimum Gasteiger partial charge on any atom is -0.274 e. The van der Waals surface area contributed by atoms with Gasteiger partial charge in [0.15, 0.2) is 0 Å². The zero-order valence-electron chi connectivity index (χ0n) is 23.3. The minimum atomic E-state index is -0.388. The lowest BCUT2D eigenvalue weighted by atomic mass is 10.0. The summed E-state index contributed by atoms with van der Waals surface area (Å²) in [5.74, 6) is -0.642. The fraction of sp³-hybridized carbons (Fsp3) is 0.900. The molecule has 4 amide bonds. The summed E-state index contributed by atoms with van der Waals surface area (Å²) in [5, 5.41) is 0. The van der Waals surface area contributed by atoms with Crippen LogP contribution in [0.1, 0.15) is 162 Å². The van der Waals surface area contributed by atoms with E-state index in [0.717, 1.165) is 38.5 Å². The molecule has 1 aliphatic rings. The number of unbranched alkanes of at least 4 members (excludes halogenated alkanes) is 20. The number of hydrogen-bond donors (Lipinski definition) is 0. The molecule has 0 aromatic carbocycles. The first-order chi connectivity index (χ1) is 17.1. The first kappa shape index (κ1) is 31.6. The van der Waals surface area contributed by atoms with Gasteiger partial charge in [0.2, 0.25) is 11.8 Å². The van der Waals surface area contributed by atoms with Crippen LogP contribution in [-0.4, -0.2) is 40.7 Å². The number of carbonyl (C=O) groups excluding carboxylic acids is 3. The highest BCUT2D eigenvalue weighted by atomic mass is 16.2. The number of hydrogen-bond acceptors (Lipinski definition) is 3. The summed E-state index contributed by atoms with van der Waals surface area (Å²) >= 11 is 0. The monoisotopic (exact) mass is 492 g/mol. The third-order valence-electron chi connectivity index (χ3n) is 7.34. The maximum absolute atomic E-state index is 12.7. The van der Waals surface area contributed by atoms with E-state index < -0.39 is 0 Å². The Hall–Kier alpha value is -1.39. The van der Waals surface area contributed by atoms with Crippen LogP contribution in [0.2, 0.25) is 0 Å².